The van der Waals surface area contributed by atoms with Crippen LogP contribution in [0.2, 0.25) is 0 Å². The van der Waals surface area contributed by atoms with Gasteiger partial charge >= 0.3 is 0 Å². The fraction of sp³-hybridized carbons (Fsp3) is 0.556. The van der Waals surface area contributed by atoms with Crippen molar-refractivity contribution >= 4 is 0 Å². The quantitative estimate of drug-likeness (QED) is 0.783. The second kappa shape index (κ2) is 8.85. The highest BCUT2D eigenvalue weighted by Gasteiger charge is 2.14. The average Bonchev–Trinajstić information content (AvgIpc) is 2.75. The first-order chi connectivity index (χ1) is 10.3. The molecule has 1 aliphatic rings. The van der Waals surface area contributed by atoms with Crippen molar-refractivity contribution in [3.63, 3.8) is 0 Å². The zero-order valence-corrected chi connectivity index (χ0v) is 12.8. The van der Waals surface area contributed by atoms with Gasteiger partial charge in [0.2, 0.25) is 0 Å². The molecular weight excluding hydrogens is 262 g/mol. The van der Waals surface area contributed by atoms with Crippen LogP contribution >= 0.6 is 0 Å². The van der Waals surface area contributed by atoms with Gasteiger partial charge in [-0.05, 0) is 44.0 Å². The largest absolute Gasteiger partial charge is 0.491 e. The third-order valence-corrected chi connectivity index (χ3v) is 3.94. The number of ether oxygens (including phenoxy) is 1. The lowest BCUT2D eigenvalue weighted by Gasteiger charge is -2.23. The van der Waals surface area contributed by atoms with Crippen LogP contribution in [0.3, 0.4) is 0 Å². The maximum atomic E-state index is 10.2. The molecular formula is C18H27NO2. The predicted molar refractivity (Wildman–Crippen MR) is 86.8 cm³/mol. The van der Waals surface area contributed by atoms with Gasteiger partial charge in [0.1, 0.15) is 18.5 Å². The van der Waals surface area contributed by atoms with Gasteiger partial charge < -0.3 is 14.7 Å². The van der Waals surface area contributed by atoms with E-state index in [1.54, 1.807) is 0 Å². The molecule has 1 N–H and O–H groups in total. The van der Waals surface area contributed by atoms with Crippen LogP contribution in [0.5, 0.6) is 5.75 Å². The summed E-state index contributed by atoms with van der Waals surface area (Å²) in [5, 5.41) is 10.2. The Kier molecular flexibility index (Phi) is 6.77. The molecule has 3 nitrogen and oxygen atoms in total. The standard InChI is InChI=1S/C18H27NO2/c1-2-9-16-10-5-6-11-18(16)21-15-17(20)14-19-12-7-3-4-8-13-19/h2,5-6,10-11,17,20H,1,3-4,7-9,12-15H2. The lowest BCUT2D eigenvalue weighted by atomic mass is 10.1. The second-order valence-electron chi connectivity index (χ2n) is 5.78. The molecule has 116 valence electrons. The van der Waals surface area contributed by atoms with Crippen LogP contribution in [0.15, 0.2) is 36.9 Å². The van der Waals surface area contributed by atoms with Gasteiger partial charge in [0, 0.05) is 6.54 Å². The van der Waals surface area contributed by atoms with E-state index in [1.807, 2.05) is 30.3 Å². The Morgan fingerprint density at radius 3 is 2.62 bits per heavy atom. The van der Waals surface area contributed by atoms with Crippen molar-refractivity contribution < 1.29 is 9.84 Å². The predicted octanol–water partition coefficient (Wildman–Crippen LogP) is 3.03. The average molecular weight is 289 g/mol. The minimum absolute atomic E-state index is 0.352. The number of nitrogens with zero attached hydrogens (tertiary/aromatic N) is 1. The number of hydrogen-bond donors (Lipinski definition) is 1. The van der Waals surface area contributed by atoms with Crippen molar-refractivity contribution in [2.45, 2.75) is 38.2 Å². The Bertz CT molecular complexity index is 425. The molecule has 0 amide bonds. The highest BCUT2D eigenvalue weighted by Crippen LogP contribution is 2.19. The first kappa shape index (κ1) is 16.1. The van der Waals surface area contributed by atoms with Gasteiger partial charge in [0.15, 0.2) is 0 Å². The van der Waals surface area contributed by atoms with Crippen LogP contribution in [0.1, 0.15) is 31.2 Å². The molecule has 0 bridgehead atoms. The maximum absolute atomic E-state index is 10.2. The van der Waals surface area contributed by atoms with Crippen LogP contribution in [-0.2, 0) is 6.42 Å². The summed E-state index contributed by atoms with van der Waals surface area (Å²) in [4.78, 5) is 2.36. The summed E-state index contributed by atoms with van der Waals surface area (Å²) >= 11 is 0. The van der Waals surface area contributed by atoms with Gasteiger partial charge in [-0.1, -0.05) is 37.1 Å². The number of aliphatic hydroxyl groups excluding tert-OH is 1. The highest BCUT2D eigenvalue weighted by molar-refractivity contribution is 5.34. The summed E-state index contributed by atoms with van der Waals surface area (Å²) < 4.78 is 5.80. The molecule has 1 aromatic carbocycles. The van der Waals surface area contributed by atoms with E-state index in [0.29, 0.717) is 13.2 Å². The molecule has 0 aromatic heterocycles. The number of aliphatic hydroxyl groups is 1. The lowest BCUT2D eigenvalue weighted by molar-refractivity contribution is 0.0691. The fourth-order valence-corrected chi connectivity index (χ4v) is 2.82. The van der Waals surface area contributed by atoms with Crippen LogP contribution in [0.25, 0.3) is 0 Å². The zero-order valence-electron chi connectivity index (χ0n) is 12.8. The van der Waals surface area contributed by atoms with E-state index in [0.717, 1.165) is 30.8 Å². The van der Waals surface area contributed by atoms with Gasteiger partial charge in [-0.3, -0.25) is 0 Å². The van der Waals surface area contributed by atoms with Crippen molar-refractivity contribution in [1.29, 1.82) is 0 Å². The summed E-state index contributed by atoms with van der Waals surface area (Å²) in [5.74, 6) is 0.854. The van der Waals surface area contributed by atoms with Crippen LogP contribution < -0.4 is 4.74 Å². The van der Waals surface area contributed by atoms with Crippen molar-refractivity contribution in [2.24, 2.45) is 0 Å². The molecule has 0 aliphatic carbocycles. The van der Waals surface area contributed by atoms with E-state index < -0.39 is 6.10 Å². The number of rotatable bonds is 7. The first-order valence-electron chi connectivity index (χ1n) is 8.01. The fourth-order valence-electron chi connectivity index (χ4n) is 2.82. The Morgan fingerprint density at radius 1 is 1.19 bits per heavy atom. The zero-order chi connectivity index (χ0) is 14.9. The van der Waals surface area contributed by atoms with E-state index in [-0.39, 0.29) is 0 Å². The van der Waals surface area contributed by atoms with E-state index in [1.165, 1.54) is 25.7 Å². The van der Waals surface area contributed by atoms with E-state index in [4.69, 9.17) is 4.74 Å². The molecule has 2 rings (SSSR count). The molecule has 1 fully saturated rings. The summed E-state index contributed by atoms with van der Waals surface area (Å²) in [6.07, 6.45) is 7.36. The molecule has 1 unspecified atom stereocenters. The number of likely N-dealkylation sites (tertiary alicyclic amines) is 1. The minimum Gasteiger partial charge on any atom is -0.491 e. The third kappa shape index (κ3) is 5.52. The van der Waals surface area contributed by atoms with Gasteiger partial charge in [0.05, 0.1) is 0 Å². The summed E-state index contributed by atoms with van der Waals surface area (Å²) in [6, 6.07) is 7.96. The second-order valence-corrected chi connectivity index (χ2v) is 5.78. The van der Waals surface area contributed by atoms with Crippen LogP contribution in [0.4, 0.5) is 0 Å². The number of para-hydroxylation sites is 1. The molecule has 0 spiro atoms. The number of allylic oxidation sites excluding steroid dienone is 1. The van der Waals surface area contributed by atoms with Gasteiger partial charge in [-0.2, -0.15) is 0 Å². The Hall–Kier alpha value is -1.32. The molecule has 3 heteroatoms. The highest BCUT2D eigenvalue weighted by atomic mass is 16.5. The number of hydrogen-bond acceptors (Lipinski definition) is 3. The minimum atomic E-state index is -0.431. The monoisotopic (exact) mass is 289 g/mol. The molecule has 1 atom stereocenters. The summed E-state index contributed by atoms with van der Waals surface area (Å²) in [7, 11) is 0. The first-order valence-corrected chi connectivity index (χ1v) is 8.01. The van der Waals surface area contributed by atoms with Crippen LogP contribution in [-0.4, -0.2) is 42.4 Å². The van der Waals surface area contributed by atoms with E-state index >= 15 is 0 Å². The van der Waals surface area contributed by atoms with Gasteiger partial charge in [-0.15, -0.1) is 6.58 Å². The van der Waals surface area contributed by atoms with E-state index in [9.17, 15) is 5.11 Å². The molecule has 1 aromatic rings. The topological polar surface area (TPSA) is 32.7 Å². The summed E-state index contributed by atoms with van der Waals surface area (Å²) in [6.45, 7) is 7.03. The lowest BCUT2D eigenvalue weighted by Crippen LogP contribution is -2.36. The maximum Gasteiger partial charge on any atom is 0.122 e. The molecule has 1 aliphatic heterocycles. The molecule has 1 heterocycles. The molecule has 0 saturated carbocycles. The van der Waals surface area contributed by atoms with Gasteiger partial charge in [-0.25, -0.2) is 0 Å². The number of benzene rings is 1. The molecule has 1 saturated heterocycles. The Morgan fingerprint density at radius 2 is 1.90 bits per heavy atom. The normalized spacial score (nSPS) is 18.0. The van der Waals surface area contributed by atoms with Crippen molar-refractivity contribution in [3.05, 3.63) is 42.5 Å². The van der Waals surface area contributed by atoms with Crippen LogP contribution in [0, 0.1) is 0 Å². The van der Waals surface area contributed by atoms with Crippen molar-refractivity contribution in [1.82, 2.24) is 4.90 Å². The number of β-amino-alcohol motifs (C(OH)–C–C–N with tert-alkyl or cyclic N) is 1. The Balaban J connectivity index is 1.80. The Labute approximate surface area is 128 Å². The van der Waals surface area contributed by atoms with E-state index in [2.05, 4.69) is 11.5 Å². The smallest absolute Gasteiger partial charge is 0.122 e. The van der Waals surface area contributed by atoms with Crippen molar-refractivity contribution in [2.75, 3.05) is 26.2 Å². The van der Waals surface area contributed by atoms with Crippen molar-refractivity contribution in [3.8, 4) is 5.75 Å². The molecule has 0 radical (unpaired) electrons. The molecule has 21 heavy (non-hydrogen) atoms. The SMILES string of the molecule is C=CCc1ccccc1OCC(O)CN1CCCCCC1. The summed E-state index contributed by atoms with van der Waals surface area (Å²) in [5.41, 5.74) is 1.12. The third-order valence-electron chi connectivity index (χ3n) is 3.94. The van der Waals surface area contributed by atoms with Gasteiger partial charge in [0.25, 0.3) is 0 Å².